The molecular formula is C8H8N2O2. The van der Waals surface area contributed by atoms with Crippen LogP contribution in [0.15, 0.2) is 35.5 Å². The van der Waals surface area contributed by atoms with E-state index >= 15 is 0 Å². The maximum atomic E-state index is 10.8. The zero-order valence-corrected chi connectivity index (χ0v) is 6.36. The van der Waals surface area contributed by atoms with Crippen molar-refractivity contribution in [1.29, 1.82) is 0 Å². The second kappa shape index (κ2) is 4.23. The first-order valence-corrected chi connectivity index (χ1v) is 3.47. The van der Waals surface area contributed by atoms with Crippen LogP contribution >= 0.6 is 0 Å². The molecule has 0 heterocycles. The van der Waals surface area contributed by atoms with Gasteiger partial charge in [-0.3, -0.25) is 4.79 Å². The van der Waals surface area contributed by atoms with E-state index in [0.29, 0.717) is 5.69 Å². The Balaban J connectivity index is 2.52. The molecule has 0 saturated carbocycles. The summed E-state index contributed by atoms with van der Waals surface area (Å²) in [6, 6.07) is 8.91. The lowest BCUT2D eigenvalue weighted by molar-refractivity contribution is -0.114. The van der Waals surface area contributed by atoms with Crippen LogP contribution in [0.1, 0.15) is 0 Å². The van der Waals surface area contributed by atoms with E-state index in [1.807, 2.05) is 6.07 Å². The normalized spacial score (nSPS) is 9.00. The van der Waals surface area contributed by atoms with Crippen LogP contribution in [-0.2, 0) is 4.79 Å². The van der Waals surface area contributed by atoms with Crippen LogP contribution in [0.2, 0.25) is 0 Å². The maximum Gasteiger partial charge on any atom is 0.249 e. The Morgan fingerprint density at radius 1 is 1.33 bits per heavy atom. The molecule has 0 aromatic heterocycles. The predicted molar refractivity (Wildman–Crippen MR) is 45.7 cm³/mol. The van der Waals surface area contributed by atoms with Crippen LogP contribution in [0.25, 0.3) is 0 Å². The Morgan fingerprint density at radius 3 is 2.58 bits per heavy atom. The minimum atomic E-state index is -0.392. The van der Waals surface area contributed by atoms with Gasteiger partial charge in [0.1, 0.15) is 0 Å². The highest BCUT2D eigenvalue weighted by atomic mass is 16.3. The first-order valence-electron chi connectivity index (χ1n) is 3.47. The summed E-state index contributed by atoms with van der Waals surface area (Å²) in [4.78, 5) is 20.5. The highest BCUT2D eigenvalue weighted by Gasteiger charge is 1.99. The minimum Gasteiger partial charge on any atom is -0.324 e. The molecule has 62 valence electrons. The smallest absolute Gasteiger partial charge is 0.249 e. The standard InChI is InChI=1S/C8H8N2O2/c11-8(6-9-12)10-7-4-2-1-3-5-7/h1-5H,6H2,(H,10,11). The van der Waals surface area contributed by atoms with E-state index in [4.69, 9.17) is 0 Å². The average molecular weight is 164 g/mol. The van der Waals surface area contributed by atoms with Crippen LogP contribution in [0.3, 0.4) is 0 Å². The van der Waals surface area contributed by atoms with Gasteiger partial charge in [-0.1, -0.05) is 23.4 Å². The molecule has 4 heteroatoms. The van der Waals surface area contributed by atoms with E-state index in [1.165, 1.54) is 0 Å². The lowest BCUT2D eigenvalue weighted by atomic mass is 10.3. The van der Waals surface area contributed by atoms with Crippen molar-refractivity contribution in [2.45, 2.75) is 0 Å². The van der Waals surface area contributed by atoms with Gasteiger partial charge < -0.3 is 5.32 Å². The number of carbonyl (C=O) groups excluding carboxylic acids is 1. The third-order valence-corrected chi connectivity index (χ3v) is 1.27. The average Bonchev–Trinajstić information content (AvgIpc) is 2.06. The number of rotatable bonds is 3. The zero-order valence-electron chi connectivity index (χ0n) is 6.36. The number of anilines is 1. The van der Waals surface area contributed by atoms with Gasteiger partial charge in [0.05, 0.1) is 0 Å². The summed E-state index contributed by atoms with van der Waals surface area (Å²) >= 11 is 0. The first kappa shape index (κ1) is 8.39. The number of nitroso groups, excluding NO2 is 1. The molecule has 1 N–H and O–H groups in total. The lowest BCUT2D eigenvalue weighted by Gasteiger charge is -1.99. The highest BCUT2D eigenvalue weighted by molar-refractivity contribution is 5.92. The predicted octanol–water partition coefficient (Wildman–Crippen LogP) is 1.39. The fourth-order valence-electron chi connectivity index (χ4n) is 0.781. The number of carbonyl (C=O) groups is 1. The number of amides is 1. The summed E-state index contributed by atoms with van der Waals surface area (Å²) in [6.45, 7) is -0.338. The summed E-state index contributed by atoms with van der Waals surface area (Å²) in [5.41, 5.74) is 0.672. The first-order chi connectivity index (χ1) is 5.83. The van der Waals surface area contributed by atoms with Gasteiger partial charge in [0, 0.05) is 5.69 Å². The third-order valence-electron chi connectivity index (χ3n) is 1.27. The van der Waals surface area contributed by atoms with E-state index in [2.05, 4.69) is 10.5 Å². The molecule has 0 unspecified atom stereocenters. The quantitative estimate of drug-likeness (QED) is 0.686. The Morgan fingerprint density at radius 2 is 2.00 bits per heavy atom. The molecule has 1 rings (SSSR count). The molecule has 12 heavy (non-hydrogen) atoms. The van der Waals surface area contributed by atoms with Gasteiger partial charge in [-0.05, 0) is 12.1 Å². The van der Waals surface area contributed by atoms with E-state index in [-0.39, 0.29) is 6.54 Å². The molecule has 0 bridgehead atoms. The molecule has 0 fully saturated rings. The van der Waals surface area contributed by atoms with Crippen LogP contribution in [0, 0.1) is 4.91 Å². The number of nitrogens with one attached hydrogen (secondary N) is 1. The number of nitrogens with zero attached hydrogens (tertiary/aromatic N) is 1. The van der Waals surface area contributed by atoms with Gasteiger partial charge in [-0.15, -0.1) is 0 Å². The van der Waals surface area contributed by atoms with Crippen LogP contribution in [0.5, 0.6) is 0 Å². The molecule has 0 spiro atoms. The van der Waals surface area contributed by atoms with Crippen molar-refractivity contribution in [3.63, 3.8) is 0 Å². The largest absolute Gasteiger partial charge is 0.324 e. The Kier molecular flexibility index (Phi) is 2.95. The fourth-order valence-corrected chi connectivity index (χ4v) is 0.781. The van der Waals surface area contributed by atoms with Crippen molar-refractivity contribution in [3.8, 4) is 0 Å². The summed E-state index contributed by atoms with van der Waals surface area (Å²) in [5, 5.41) is 4.98. The highest BCUT2D eigenvalue weighted by Crippen LogP contribution is 2.03. The van der Waals surface area contributed by atoms with E-state index in [9.17, 15) is 9.70 Å². The van der Waals surface area contributed by atoms with E-state index in [1.54, 1.807) is 24.3 Å². The third kappa shape index (κ3) is 2.49. The SMILES string of the molecule is O=NCC(=O)Nc1ccccc1. The fraction of sp³-hybridized carbons (Fsp3) is 0.125. The van der Waals surface area contributed by atoms with Crippen molar-refractivity contribution in [2.24, 2.45) is 5.18 Å². The number of hydrogen-bond donors (Lipinski definition) is 1. The van der Waals surface area contributed by atoms with Gasteiger partial charge in [-0.2, -0.15) is 4.91 Å². The molecule has 1 aromatic carbocycles. The van der Waals surface area contributed by atoms with Gasteiger partial charge in [0.2, 0.25) is 5.91 Å². The van der Waals surface area contributed by atoms with Crippen molar-refractivity contribution in [2.75, 3.05) is 11.9 Å². The van der Waals surface area contributed by atoms with Crippen molar-refractivity contribution >= 4 is 11.6 Å². The zero-order chi connectivity index (χ0) is 8.81. The molecule has 0 saturated heterocycles. The molecule has 0 aliphatic rings. The number of hydrogen-bond acceptors (Lipinski definition) is 3. The molecule has 1 amide bonds. The molecular weight excluding hydrogens is 156 g/mol. The van der Waals surface area contributed by atoms with Crippen molar-refractivity contribution in [1.82, 2.24) is 0 Å². The molecule has 0 radical (unpaired) electrons. The Labute approximate surface area is 69.6 Å². The monoisotopic (exact) mass is 164 g/mol. The molecule has 4 nitrogen and oxygen atoms in total. The second-order valence-corrected chi connectivity index (χ2v) is 2.20. The van der Waals surface area contributed by atoms with Gasteiger partial charge in [0.25, 0.3) is 0 Å². The van der Waals surface area contributed by atoms with Gasteiger partial charge >= 0.3 is 0 Å². The minimum absolute atomic E-state index is 0.338. The number of benzene rings is 1. The Bertz CT molecular complexity index is 272. The van der Waals surface area contributed by atoms with E-state index in [0.717, 1.165) is 0 Å². The van der Waals surface area contributed by atoms with E-state index < -0.39 is 5.91 Å². The molecule has 0 aliphatic heterocycles. The second-order valence-electron chi connectivity index (χ2n) is 2.20. The summed E-state index contributed by atoms with van der Waals surface area (Å²) in [5.74, 6) is -0.392. The van der Waals surface area contributed by atoms with Gasteiger partial charge in [-0.25, -0.2) is 0 Å². The molecule has 1 aromatic rings. The summed E-state index contributed by atoms with van der Waals surface area (Å²) in [6.07, 6.45) is 0. The van der Waals surface area contributed by atoms with Crippen LogP contribution < -0.4 is 5.32 Å². The lowest BCUT2D eigenvalue weighted by Crippen LogP contribution is -2.13. The van der Waals surface area contributed by atoms with Crippen molar-refractivity contribution < 1.29 is 4.79 Å². The number of para-hydroxylation sites is 1. The maximum absolute atomic E-state index is 10.8. The molecule has 0 aliphatic carbocycles. The van der Waals surface area contributed by atoms with Crippen LogP contribution in [0.4, 0.5) is 5.69 Å². The van der Waals surface area contributed by atoms with Crippen LogP contribution in [-0.4, -0.2) is 12.5 Å². The molecule has 0 atom stereocenters. The Hall–Kier alpha value is -1.71. The summed E-state index contributed by atoms with van der Waals surface area (Å²) in [7, 11) is 0. The van der Waals surface area contributed by atoms with Gasteiger partial charge in [0.15, 0.2) is 6.54 Å². The summed E-state index contributed by atoms with van der Waals surface area (Å²) < 4.78 is 0. The van der Waals surface area contributed by atoms with Crippen molar-refractivity contribution in [3.05, 3.63) is 35.2 Å². The topological polar surface area (TPSA) is 58.5 Å².